The maximum Gasteiger partial charge on any atom is 0.189 e. The molecule has 0 radical (unpaired) electrons. The molecule has 1 heterocycles. The second kappa shape index (κ2) is 4.37. The van der Waals surface area contributed by atoms with Crippen molar-refractivity contribution in [2.75, 3.05) is 11.1 Å². The maximum atomic E-state index is 5.63. The van der Waals surface area contributed by atoms with Crippen molar-refractivity contribution in [1.82, 2.24) is 4.98 Å². The van der Waals surface area contributed by atoms with Gasteiger partial charge in [0.25, 0.3) is 0 Å². The lowest BCUT2D eigenvalue weighted by Crippen LogP contribution is -2.10. The normalized spacial score (nSPS) is 11.5. The quantitative estimate of drug-likeness (QED) is 0.849. The summed E-state index contributed by atoms with van der Waals surface area (Å²) >= 11 is 1.45. The molecule has 0 saturated carbocycles. The Bertz CT molecular complexity index is 494. The topological polar surface area (TPSA) is 50.9 Å². The van der Waals surface area contributed by atoms with Crippen molar-refractivity contribution in [1.29, 1.82) is 0 Å². The lowest BCUT2D eigenvalue weighted by molar-refractivity contribution is 0.590. The molecule has 1 aromatic carbocycles. The zero-order chi connectivity index (χ0) is 12.5. The number of hydrogen-bond donors (Lipinski definition) is 2. The van der Waals surface area contributed by atoms with Gasteiger partial charge in [-0.1, -0.05) is 44.2 Å². The van der Waals surface area contributed by atoms with Crippen molar-refractivity contribution >= 4 is 27.2 Å². The minimum Gasteiger partial charge on any atom is -0.389 e. The lowest BCUT2D eigenvalue weighted by atomic mass is 9.87. The first kappa shape index (κ1) is 11.9. The largest absolute Gasteiger partial charge is 0.389 e. The van der Waals surface area contributed by atoms with E-state index in [9.17, 15) is 0 Å². The second-order valence-electron chi connectivity index (χ2n) is 5.02. The molecule has 4 heteroatoms. The molecule has 0 atom stereocenters. The third-order valence-corrected chi connectivity index (χ3v) is 3.27. The van der Waals surface area contributed by atoms with E-state index < -0.39 is 0 Å². The van der Waals surface area contributed by atoms with Crippen LogP contribution in [0.1, 0.15) is 26.3 Å². The molecular weight excluding hydrogens is 230 g/mol. The van der Waals surface area contributed by atoms with E-state index in [1.54, 1.807) is 6.20 Å². The van der Waals surface area contributed by atoms with Crippen LogP contribution in [0.15, 0.2) is 30.5 Å². The monoisotopic (exact) mass is 247 g/mol. The number of nitrogens with one attached hydrogen (secondary N) is 1. The minimum absolute atomic E-state index is 0.185. The van der Waals surface area contributed by atoms with Crippen LogP contribution in [-0.2, 0) is 5.41 Å². The van der Waals surface area contributed by atoms with Crippen molar-refractivity contribution in [3.8, 4) is 0 Å². The summed E-state index contributed by atoms with van der Waals surface area (Å²) in [5.74, 6) is 0. The van der Waals surface area contributed by atoms with E-state index in [1.807, 2.05) is 0 Å². The predicted molar refractivity (Wildman–Crippen MR) is 75.0 cm³/mol. The first-order valence-corrected chi connectivity index (χ1v) is 6.36. The zero-order valence-corrected chi connectivity index (χ0v) is 11.1. The van der Waals surface area contributed by atoms with Crippen LogP contribution >= 0.6 is 11.3 Å². The number of nitrogen functional groups attached to an aromatic ring is 1. The molecule has 90 valence electrons. The van der Waals surface area contributed by atoms with E-state index >= 15 is 0 Å². The Kier molecular flexibility index (Phi) is 3.07. The summed E-state index contributed by atoms with van der Waals surface area (Å²) in [5, 5.41) is 4.78. The van der Waals surface area contributed by atoms with E-state index in [-0.39, 0.29) is 5.41 Å². The molecule has 0 aliphatic heterocycles. The summed E-state index contributed by atoms with van der Waals surface area (Å²) in [7, 11) is 0. The summed E-state index contributed by atoms with van der Waals surface area (Å²) in [5.41, 5.74) is 8.17. The van der Waals surface area contributed by atoms with E-state index in [1.165, 1.54) is 16.9 Å². The Labute approximate surface area is 106 Å². The van der Waals surface area contributed by atoms with Gasteiger partial charge in [-0.2, -0.15) is 0 Å². The molecular formula is C13H17N3S. The maximum absolute atomic E-state index is 5.63. The van der Waals surface area contributed by atoms with Gasteiger partial charge in [0.2, 0.25) is 0 Å². The number of benzene rings is 1. The van der Waals surface area contributed by atoms with Gasteiger partial charge < -0.3 is 11.1 Å². The van der Waals surface area contributed by atoms with Crippen molar-refractivity contribution in [3.63, 3.8) is 0 Å². The molecule has 0 amide bonds. The van der Waals surface area contributed by atoms with Crippen LogP contribution in [0, 0.1) is 0 Å². The summed E-state index contributed by atoms with van der Waals surface area (Å²) in [6, 6.07) is 8.41. The average Bonchev–Trinajstić information content (AvgIpc) is 2.63. The van der Waals surface area contributed by atoms with E-state index in [2.05, 4.69) is 55.3 Å². The Morgan fingerprint density at radius 2 is 1.82 bits per heavy atom. The van der Waals surface area contributed by atoms with Crippen LogP contribution in [0.2, 0.25) is 0 Å². The highest BCUT2D eigenvalue weighted by Crippen LogP contribution is 2.26. The fourth-order valence-electron chi connectivity index (χ4n) is 1.52. The van der Waals surface area contributed by atoms with Crippen LogP contribution in [0.25, 0.3) is 0 Å². The summed E-state index contributed by atoms with van der Waals surface area (Å²) in [4.78, 5) is 4.16. The summed E-state index contributed by atoms with van der Waals surface area (Å²) < 4.78 is 0. The van der Waals surface area contributed by atoms with Gasteiger partial charge in [-0.05, 0) is 23.1 Å². The number of hydrogen-bond acceptors (Lipinski definition) is 4. The van der Waals surface area contributed by atoms with Gasteiger partial charge in [-0.25, -0.2) is 4.98 Å². The molecule has 0 aliphatic rings. The van der Waals surface area contributed by atoms with Crippen molar-refractivity contribution < 1.29 is 0 Å². The number of nitrogens with zero attached hydrogens (tertiary/aromatic N) is 1. The zero-order valence-electron chi connectivity index (χ0n) is 10.3. The summed E-state index contributed by atoms with van der Waals surface area (Å²) in [6.07, 6.45) is 1.66. The first-order chi connectivity index (χ1) is 7.95. The van der Waals surface area contributed by atoms with E-state index in [4.69, 9.17) is 5.73 Å². The molecule has 0 bridgehead atoms. The molecule has 3 nitrogen and oxygen atoms in total. The van der Waals surface area contributed by atoms with Crippen LogP contribution in [0.5, 0.6) is 0 Å². The fraction of sp³-hybridized carbons (Fsp3) is 0.308. The van der Waals surface area contributed by atoms with Crippen molar-refractivity contribution in [2.24, 2.45) is 0 Å². The van der Waals surface area contributed by atoms with Crippen LogP contribution in [-0.4, -0.2) is 4.98 Å². The van der Waals surface area contributed by atoms with E-state index in [0.29, 0.717) is 0 Å². The molecule has 3 N–H and O–H groups in total. The number of thiazole rings is 1. The highest BCUT2D eigenvalue weighted by Gasteiger charge is 2.12. The Morgan fingerprint density at radius 3 is 2.29 bits per heavy atom. The third kappa shape index (κ3) is 2.97. The molecule has 0 aliphatic carbocycles. The smallest absolute Gasteiger partial charge is 0.189 e. The number of nitrogens with two attached hydrogens (primary N) is 1. The molecule has 0 saturated heterocycles. The van der Waals surface area contributed by atoms with Gasteiger partial charge in [0.15, 0.2) is 5.13 Å². The van der Waals surface area contributed by atoms with E-state index in [0.717, 1.165) is 15.8 Å². The Balaban J connectivity index is 2.13. The first-order valence-electron chi connectivity index (χ1n) is 5.54. The molecule has 2 aromatic rings. The molecule has 0 unspecified atom stereocenters. The van der Waals surface area contributed by atoms with Gasteiger partial charge in [-0.3, -0.25) is 0 Å². The SMILES string of the molecule is CC(C)(C)c1ccc(Nc2ncc(N)s2)cc1. The van der Waals surface area contributed by atoms with Crippen LogP contribution in [0.3, 0.4) is 0 Å². The average molecular weight is 247 g/mol. The Morgan fingerprint density at radius 1 is 1.18 bits per heavy atom. The third-order valence-electron chi connectivity index (χ3n) is 2.53. The minimum atomic E-state index is 0.185. The second-order valence-corrected chi connectivity index (χ2v) is 6.08. The van der Waals surface area contributed by atoms with Gasteiger partial charge in [0, 0.05) is 5.69 Å². The number of aromatic nitrogens is 1. The molecule has 1 aromatic heterocycles. The van der Waals surface area contributed by atoms with Gasteiger partial charge in [-0.15, -0.1) is 0 Å². The standard InChI is InChI=1S/C13H17N3S/c1-13(2,3)9-4-6-10(7-5-9)16-12-15-8-11(14)17-12/h4-8H,14H2,1-3H3,(H,15,16). The highest BCUT2D eigenvalue weighted by molar-refractivity contribution is 7.19. The van der Waals surface area contributed by atoms with Crippen LogP contribution in [0.4, 0.5) is 15.8 Å². The van der Waals surface area contributed by atoms with Gasteiger partial charge in [0.05, 0.1) is 6.20 Å². The molecule has 17 heavy (non-hydrogen) atoms. The van der Waals surface area contributed by atoms with Crippen molar-refractivity contribution in [3.05, 3.63) is 36.0 Å². The summed E-state index contributed by atoms with van der Waals surface area (Å²) in [6.45, 7) is 6.62. The predicted octanol–water partition coefficient (Wildman–Crippen LogP) is 3.77. The van der Waals surface area contributed by atoms with Gasteiger partial charge in [0.1, 0.15) is 5.00 Å². The lowest BCUT2D eigenvalue weighted by Gasteiger charge is -2.19. The van der Waals surface area contributed by atoms with Crippen molar-refractivity contribution in [2.45, 2.75) is 26.2 Å². The number of rotatable bonds is 2. The Hall–Kier alpha value is -1.55. The fourth-order valence-corrected chi connectivity index (χ4v) is 2.12. The highest BCUT2D eigenvalue weighted by atomic mass is 32.1. The molecule has 0 spiro atoms. The molecule has 2 rings (SSSR count). The molecule has 0 fully saturated rings. The van der Waals surface area contributed by atoms with Gasteiger partial charge >= 0.3 is 0 Å². The van der Waals surface area contributed by atoms with Crippen LogP contribution < -0.4 is 11.1 Å². The number of anilines is 3.